The Morgan fingerprint density at radius 3 is 2.20 bits per heavy atom. The van der Waals surface area contributed by atoms with Gasteiger partial charge in [-0.2, -0.15) is 5.26 Å². The van der Waals surface area contributed by atoms with E-state index in [1.54, 1.807) is 50.2 Å². The van der Waals surface area contributed by atoms with Gasteiger partial charge in [-0.25, -0.2) is 14.4 Å². The van der Waals surface area contributed by atoms with Crippen molar-refractivity contribution in [2.45, 2.75) is 19.8 Å². The highest BCUT2D eigenvalue weighted by Gasteiger charge is 2.44. The molecule has 0 saturated carbocycles. The van der Waals surface area contributed by atoms with Crippen molar-refractivity contribution >= 4 is 39.5 Å². The normalized spacial score (nSPS) is 15.5. The number of hydrogen-bond acceptors (Lipinski definition) is 8. The van der Waals surface area contributed by atoms with Crippen LogP contribution in [0.15, 0.2) is 63.5 Å². The number of carbonyl (C=O) groups excluding carboxylic acids is 2. The van der Waals surface area contributed by atoms with Crippen LogP contribution in [0.3, 0.4) is 0 Å². The summed E-state index contributed by atoms with van der Waals surface area (Å²) in [4.78, 5) is 39.8. The molecule has 2 aromatic carbocycles. The third-order valence-electron chi connectivity index (χ3n) is 5.66. The van der Waals surface area contributed by atoms with Crippen molar-refractivity contribution in [2.75, 3.05) is 19.1 Å². The van der Waals surface area contributed by atoms with Gasteiger partial charge in [0.15, 0.2) is 0 Å². The molecule has 0 amide bonds. The van der Waals surface area contributed by atoms with E-state index in [2.05, 4.69) is 15.9 Å². The monoisotopic (exact) mass is 539 g/mol. The summed E-state index contributed by atoms with van der Waals surface area (Å²) in [7, 11) is 2.26. The SMILES string of the molecule is COC(=O)C1=C(C(=O)OC)N(c2c(C)cc(C)c(Br)c2C(=O)O)C(N)=C(C#N)C1c1ccccc1. The highest BCUT2D eigenvalue weighted by atomic mass is 79.9. The van der Waals surface area contributed by atoms with Crippen molar-refractivity contribution in [2.24, 2.45) is 5.73 Å². The Labute approximate surface area is 210 Å². The first-order valence-electron chi connectivity index (χ1n) is 10.3. The fraction of sp³-hybridized carbons (Fsp3) is 0.200. The summed E-state index contributed by atoms with van der Waals surface area (Å²) in [6.07, 6.45) is 0. The van der Waals surface area contributed by atoms with Gasteiger partial charge in [-0.3, -0.25) is 4.90 Å². The van der Waals surface area contributed by atoms with Crippen LogP contribution in [0.1, 0.15) is 33.0 Å². The van der Waals surface area contributed by atoms with Gasteiger partial charge in [0.25, 0.3) is 0 Å². The number of carboxylic acid groups (broad SMARTS) is 1. The Balaban J connectivity index is 2.56. The number of hydrogen-bond donors (Lipinski definition) is 2. The molecule has 2 aromatic rings. The maximum atomic E-state index is 13.2. The molecule has 0 spiro atoms. The third-order valence-corrected chi connectivity index (χ3v) is 6.68. The van der Waals surface area contributed by atoms with Gasteiger partial charge in [-0.05, 0) is 46.5 Å². The summed E-state index contributed by atoms with van der Waals surface area (Å²) >= 11 is 3.31. The number of methoxy groups -OCH3 is 2. The summed E-state index contributed by atoms with van der Waals surface area (Å²) in [5, 5.41) is 20.2. The molecular weight excluding hydrogens is 518 g/mol. The Bertz CT molecular complexity index is 1340. The van der Waals surface area contributed by atoms with Gasteiger partial charge in [0, 0.05) is 4.47 Å². The maximum absolute atomic E-state index is 13.2. The van der Waals surface area contributed by atoms with Crippen molar-refractivity contribution < 1.29 is 29.0 Å². The van der Waals surface area contributed by atoms with E-state index in [-0.39, 0.29) is 38.4 Å². The molecule has 180 valence electrons. The van der Waals surface area contributed by atoms with Crippen molar-refractivity contribution in [3.63, 3.8) is 0 Å². The minimum absolute atomic E-state index is 0.00791. The number of ether oxygens (including phenoxy) is 2. The highest BCUT2D eigenvalue weighted by Crippen LogP contribution is 2.46. The first-order valence-corrected chi connectivity index (χ1v) is 11.1. The summed E-state index contributed by atoms with van der Waals surface area (Å²) in [6, 6.07) is 12.3. The van der Waals surface area contributed by atoms with Crippen molar-refractivity contribution in [3.05, 3.63) is 85.8 Å². The first-order chi connectivity index (χ1) is 16.6. The Morgan fingerprint density at radius 1 is 1.09 bits per heavy atom. The lowest BCUT2D eigenvalue weighted by atomic mass is 9.80. The standard InChI is InChI=1S/C25H22BrN3O6/c1-12-10-13(2)20(18(19(12)26)23(30)31)29-21(25(33)35-4)17(24(32)34-3)16(15(11-27)22(29)28)14-8-6-5-7-9-14/h5-10,16H,28H2,1-4H3,(H,30,31). The number of esters is 2. The van der Waals surface area contributed by atoms with Gasteiger partial charge in [0.2, 0.25) is 0 Å². The second-order valence-corrected chi connectivity index (χ2v) is 8.48. The van der Waals surface area contributed by atoms with Crippen molar-refractivity contribution in [1.29, 1.82) is 5.26 Å². The van der Waals surface area contributed by atoms with E-state index in [0.29, 0.717) is 16.7 Å². The molecule has 0 aromatic heterocycles. The van der Waals surface area contributed by atoms with Gasteiger partial charge >= 0.3 is 17.9 Å². The fourth-order valence-corrected chi connectivity index (χ4v) is 4.66. The van der Waals surface area contributed by atoms with Gasteiger partial charge in [-0.15, -0.1) is 0 Å². The van der Waals surface area contributed by atoms with E-state index >= 15 is 0 Å². The average molecular weight is 540 g/mol. The van der Waals surface area contributed by atoms with Crippen molar-refractivity contribution in [3.8, 4) is 6.07 Å². The lowest BCUT2D eigenvalue weighted by molar-refractivity contribution is -0.139. The lowest BCUT2D eigenvalue weighted by Gasteiger charge is -2.37. The number of nitriles is 1. The van der Waals surface area contributed by atoms with E-state index in [0.717, 1.165) is 19.1 Å². The van der Waals surface area contributed by atoms with Crippen molar-refractivity contribution in [1.82, 2.24) is 0 Å². The number of aryl methyl sites for hydroxylation is 2. The number of carboxylic acids is 1. The lowest BCUT2D eigenvalue weighted by Crippen LogP contribution is -2.41. The number of carbonyl (C=O) groups is 3. The minimum Gasteiger partial charge on any atom is -0.478 e. The molecule has 1 atom stereocenters. The molecule has 1 aliphatic heterocycles. The zero-order valence-electron chi connectivity index (χ0n) is 19.4. The summed E-state index contributed by atoms with van der Waals surface area (Å²) in [5.74, 6) is -4.43. The molecule has 0 radical (unpaired) electrons. The zero-order chi connectivity index (χ0) is 26.0. The molecule has 1 aliphatic rings. The van der Waals surface area contributed by atoms with Crippen LogP contribution in [0.4, 0.5) is 5.69 Å². The predicted octanol–water partition coefficient (Wildman–Crippen LogP) is 3.66. The fourth-order valence-electron chi connectivity index (χ4n) is 4.18. The summed E-state index contributed by atoms with van der Waals surface area (Å²) in [6.45, 7) is 3.35. The van der Waals surface area contributed by atoms with Crippen LogP contribution in [-0.4, -0.2) is 37.2 Å². The number of nitrogens with zero attached hydrogens (tertiary/aromatic N) is 2. The topological polar surface area (TPSA) is 143 Å². The van der Waals surface area contributed by atoms with Gasteiger partial charge in [0.1, 0.15) is 11.5 Å². The average Bonchev–Trinajstić information content (AvgIpc) is 2.84. The molecule has 10 heteroatoms. The van der Waals surface area contributed by atoms with Crippen LogP contribution in [0.25, 0.3) is 0 Å². The van der Waals surface area contributed by atoms with Gasteiger partial charge in [0.05, 0.1) is 48.6 Å². The highest BCUT2D eigenvalue weighted by molar-refractivity contribution is 9.10. The zero-order valence-corrected chi connectivity index (χ0v) is 21.0. The van der Waals surface area contributed by atoms with E-state index in [1.807, 2.05) is 6.07 Å². The molecule has 1 unspecified atom stereocenters. The number of nitrogens with two attached hydrogens (primary N) is 1. The number of anilines is 1. The van der Waals surface area contributed by atoms with E-state index in [4.69, 9.17) is 15.2 Å². The van der Waals surface area contributed by atoms with Gasteiger partial charge < -0.3 is 20.3 Å². The molecule has 1 heterocycles. The molecular formula is C25H22BrN3O6. The Morgan fingerprint density at radius 2 is 1.69 bits per heavy atom. The molecule has 3 N–H and O–H groups in total. The molecule has 0 aliphatic carbocycles. The molecule has 35 heavy (non-hydrogen) atoms. The molecule has 3 rings (SSSR count). The Kier molecular flexibility index (Phi) is 7.31. The van der Waals surface area contributed by atoms with Crippen LogP contribution < -0.4 is 10.6 Å². The number of rotatable bonds is 5. The number of allylic oxidation sites excluding steroid dienone is 1. The van der Waals surface area contributed by atoms with E-state index < -0.39 is 23.8 Å². The predicted molar refractivity (Wildman–Crippen MR) is 130 cm³/mol. The quantitative estimate of drug-likeness (QED) is 0.543. The summed E-state index contributed by atoms with van der Waals surface area (Å²) < 4.78 is 10.3. The third kappa shape index (κ3) is 4.26. The number of benzene rings is 2. The van der Waals surface area contributed by atoms with Gasteiger partial charge in [-0.1, -0.05) is 36.4 Å². The van der Waals surface area contributed by atoms with Crippen LogP contribution >= 0.6 is 15.9 Å². The molecule has 9 nitrogen and oxygen atoms in total. The van der Waals surface area contributed by atoms with Crippen LogP contribution in [-0.2, 0) is 19.1 Å². The van der Waals surface area contributed by atoms with E-state index in [1.165, 1.54) is 0 Å². The largest absolute Gasteiger partial charge is 0.478 e. The summed E-state index contributed by atoms with van der Waals surface area (Å²) in [5.41, 5.74) is 7.26. The Hall–Kier alpha value is -4.10. The number of aromatic carboxylic acids is 1. The van der Waals surface area contributed by atoms with E-state index in [9.17, 15) is 24.8 Å². The van der Waals surface area contributed by atoms with Crippen LogP contribution in [0.5, 0.6) is 0 Å². The first kappa shape index (κ1) is 25.5. The van der Waals surface area contributed by atoms with Crippen LogP contribution in [0.2, 0.25) is 0 Å². The molecule has 0 fully saturated rings. The second-order valence-electron chi connectivity index (χ2n) is 7.69. The molecule has 0 bridgehead atoms. The maximum Gasteiger partial charge on any atom is 0.355 e. The minimum atomic E-state index is -1.31. The number of halogens is 1. The van der Waals surface area contributed by atoms with Crippen LogP contribution in [0, 0.1) is 25.2 Å². The molecule has 0 saturated heterocycles. The smallest absolute Gasteiger partial charge is 0.355 e. The second kappa shape index (κ2) is 10.0.